The van der Waals surface area contributed by atoms with Crippen LogP contribution in [0.25, 0.3) is 0 Å². The number of aliphatic carboxylic acids is 1. The van der Waals surface area contributed by atoms with E-state index >= 15 is 0 Å². The summed E-state index contributed by atoms with van der Waals surface area (Å²) in [5.41, 5.74) is 0. The minimum atomic E-state index is -1.17. The van der Waals surface area contributed by atoms with Gasteiger partial charge in [0.25, 0.3) is 0 Å². The molecule has 0 amide bonds. The Hall–Kier alpha value is -0.900. The molecule has 13 heavy (non-hydrogen) atoms. The SMILES string of the molecule is CC(=O)CCC(=O)[O-].C[N+](C)(C)C. The molecular formula is C9H19NO3. The van der Waals surface area contributed by atoms with Gasteiger partial charge < -0.3 is 19.2 Å². The number of carboxylic acid groups (broad SMARTS) is 1. The van der Waals surface area contributed by atoms with Crippen LogP contribution in [0.2, 0.25) is 0 Å². The van der Waals surface area contributed by atoms with Crippen molar-refractivity contribution >= 4 is 11.8 Å². The van der Waals surface area contributed by atoms with Gasteiger partial charge >= 0.3 is 0 Å². The molecule has 0 rings (SSSR count). The van der Waals surface area contributed by atoms with Crippen LogP contribution in [0.1, 0.15) is 19.8 Å². The number of carbonyl (C=O) groups is 2. The van der Waals surface area contributed by atoms with Crippen LogP contribution in [0.15, 0.2) is 0 Å². The number of quaternary nitrogens is 1. The van der Waals surface area contributed by atoms with Gasteiger partial charge in [-0.15, -0.1) is 0 Å². The van der Waals surface area contributed by atoms with Crippen molar-refractivity contribution in [3.05, 3.63) is 0 Å². The van der Waals surface area contributed by atoms with E-state index in [2.05, 4.69) is 28.2 Å². The number of hydrogen-bond donors (Lipinski definition) is 0. The molecule has 4 nitrogen and oxygen atoms in total. The van der Waals surface area contributed by atoms with Gasteiger partial charge in [-0.3, -0.25) is 0 Å². The first kappa shape index (κ1) is 14.6. The standard InChI is InChI=1S/C5H8O3.C4H12N/c1-4(6)2-3-5(7)8;1-5(2,3)4/h2-3H2,1H3,(H,7,8);1-4H3/q;+1/p-1. The lowest BCUT2D eigenvalue weighted by atomic mass is 10.2. The predicted octanol–water partition coefficient (Wildman–Crippen LogP) is -0.572. The number of ketones is 1. The van der Waals surface area contributed by atoms with Crippen molar-refractivity contribution in [1.29, 1.82) is 0 Å². The Morgan fingerprint density at radius 3 is 1.46 bits per heavy atom. The molecule has 0 heterocycles. The third-order valence-corrected chi connectivity index (χ3v) is 0.681. The van der Waals surface area contributed by atoms with Gasteiger partial charge in [0.15, 0.2) is 0 Å². The van der Waals surface area contributed by atoms with E-state index in [4.69, 9.17) is 0 Å². The number of rotatable bonds is 3. The zero-order valence-electron chi connectivity index (χ0n) is 9.09. The Balaban J connectivity index is 0. The molecule has 0 saturated heterocycles. The highest BCUT2D eigenvalue weighted by Gasteiger charge is 1.90. The maximum Gasteiger partial charge on any atom is 0.130 e. The van der Waals surface area contributed by atoms with Crippen LogP contribution in [-0.2, 0) is 9.59 Å². The van der Waals surface area contributed by atoms with E-state index in [9.17, 15) is 14.7 Å². The summed E-state index contributed by atoms with van der Waals surface area (Å²) in [5.74, 6) is -1.28. The van der Waals surface area contributed by atoms with Crippen LogP contribution in [0.4, 0.5) is 0 Å². The number of Topliss-reactive ketones (excluding diaryl/α,β-unsaturated/α-hetero) is 1. The zero-order valence-corrected chi connectivity index (χ0v) is 9.09. The number of nitrogens with zero attached hydrogens (tertiary/aromatic N) is 1. The molecule has 0 fully saturated rings. The molecule has 0 aliphatic carbocycles. The third kappa shape index (κ3) is 54.7. The van der Waals surface area contributed by atoms with Gasteiger partial charge in [0.1, 0.15) is 5.78 Å². The monoisotopic (exact) mass is 189 g/mol. The van der Waals surface area contributed by atoms with Gasteiger partial charge in [-0.25, -0.2) is 0 Å². The first-order valence-corrected chi connectivity index (χ1v) is 4.11. The van der Waals surface area contributed by atoms with Crippen molar-refractivity contribution < 1.29 is 19.2 Å². The molecule has 0 aliphatic rings. The van der Waals surface area contributed by atoms with Crippen LogP contribution < -0.4 is 5.11 Å². The highest BCUT2D eigenvalue weighted by molar-refractivity contribution is 5.79. The second-order valence-corrected chi connectivity index (χ2v) is 4.26. The maximum atomic E-state index is 10.1. The molecule has 0 N–H and O–H groups in total. The molecule has 0 aromatic rings. The molecular weight excluding hydrogens is 170 g/mol. The topological polar surface area (TPSA) is 57.2 Å². The van der Waals surface area contributed by atoms with Gasteiger partial charge in [0.2, 0.25) is 0 Å². The van der Waals surface area contributed by atoms with Crippen LogP contribution >= 0.6 is 0 Å². The Kier molecular flexibility index (Phi) is 7.42. The lowest BCUT2D eigenvalue weighted by Crippen LogP contribution is -2.27. The second kappa shape index (κ2) is 6.60. The molecule has 0 unspecified atom stereocenters. The first-order valence-electron chi connectivity index (χ1n) is 4.11. The van der Waals surface area contributed by atoms with Crippen LogP contribution in [0.3, 0.4) is 0 Å². The van der Waals surface area contributed by atoms with Crippen molar-refractivity contribution in [3.63, 3.8) is 0 Å². The Labute approximate surface area is 79.8 Å². The van der Waals surface area contributed by atoms with E-state index in [1.165, 1.54) is 6.92 Å². The summed E-state index contributed by atoms with van der Waals surface area (Å²) < 4.78 is 1.00. The summed E-state index contributed by atoms with van der Waals surface area (Å²) in [5, 5.41) is 9.64. The van der Waals surface area contributed by atoms with Crippen molar-refractivity contribution in [2.75, 3.05) is 28.2 Å². The van der Waals surface area contributed by atoms with Crippen LogP contribution in [0.5, 0.6) is 0 Å². The maximum absolute atomic E-state index is 10.1. The first-order chi connectivity index (χ1) is 5.63. The molecule has 4 heteroatoms. The summed E-state index contributed by atoms with van der Waals surface area (Å²) in [6, 6.07) is 0. The quantitative estimate of drug-likeness (QED) is 0.558. The van der Waals surface area contributed by atoms with E-state index in [0.717, 1.165) is 4.48 Å². The van der Waals surface area contributed by atoms with E-state index in [1.807, 2.05) is 0 Å². The normalized spacial score (nSPS) is 9.92. The largest absolute Gasteiger partial charge is 0.550 e. The molecule has 0 bridgehead atoms. The minimum absolute atomic E-state index is 0.0856. The lowest BCUT2D eigenvalue weighted by Gasteiger charge is -2.14. The van der Waals surface area contributed by atoms with Gasteiger partial charge in [-0.05, 0) is 13.3 Å². The summed E-state index contributed by atoms with van der Waals surface area (Å²) >= 11 is 0. The van der Waals surface area contributed by atoms with Gasteiger partial charge in [-0.2, -0.15) is 0 Å². The molecule has 0 aliphatic heterocycles. The highest BCUT2D eigenvalue weighted by Crippen LogP contribution is 1.86. The van der Waals surface area contributed by atoms with E-state index in [1.54, 1.807) is 0 Å². The molecule has 0 spiro atoms. The zero-order chi connectivity index (χ0) is 11.1. The van der Waals surface area contributed by atoms with Gasteiger partial charge in [0.05, 0.1) is 28.2 Å². The average molecular weight is 189 g/mol. The fourth-order valence-corrected chi connectivity index (χ4v) is 0.278. The van der Waals surface area contributed by atoms with Crippen molar-refractivity contribution in [2.45, 2.75) is 19.8 Å². The van der Waals surface area contributed by atoms with Gasteiger partial charge in [0, 0.05) is 12.4 Å². The summed E-state index contributed by atoms with van der Waals surface area (Å²) in [6.45, 7) is 1.35. The number of carbonyl (C=O) groups excluding carboxylic acids is 2. The van der Waals surface area contributed by atoms with E-state index in [0.29, 0.717) is 0 Å². The van der Waals surface area contributed by atoms with Crippen LogP contribution in [0, 0.1) is 0 Å². The predicted molar refractivity (Wildman–Crippen MR) is 48.9 cm³/mol. The molecule has 0 saturated carbocycles. The van der Waals surface area contributed by atoms with Crippen molar-refractivity contribution in [2.24, 2.45) is 0 Å². The second-order valence-electron chi connectivity index (χ2n) is 4.26. The summed E-state index contributed by atoms with van der Waals surface area (Å²) in [7, 11) is 8.50. The molecule has 0 aromatic heterocycles. The lowest BCUT2D eigenvalue weighted by molar-refractivity contribution is -0.849. The van der Waals surface area contributed by atoms with Gasteiger partial charge in [-0.1, -0.05) is 0 Å². The molecule has 0 atom stereocenters. The fourth-order valence-electron chi connectivity index (χ4n) is 0.278. The summed E-state index contributed by atoms with van der Waals surface area (Å²) in [4.78, 5) is 19.7. The van der Waals surface area contributed by atoms with E-state index < -0.39 is 5.97 Å². The Morgan fingerprint density at radius 2 is 1.38 bits per heavy atom. The van der Waals surface area contributed by atoms with Crippen molar-refractivity contribution in [1.82, 2.24) is 0 Å². The highest BCUT2D eigenvalue weighted by atomic mass is 16.4. The van der Waals surface area contributed by atoms with E-state index in [-0.39, 0.29) is 18.6 Å². The molecule has 0 aromatic carbocycles. The molecule has 78 valence electrons. The summed E-state index contributed by atoms with van der Waals surface area (Å²) in [6.07, 6.45) is -0.0718. The molecule has 0 radical (unpaired) electrons. The fraction of sp³-hybridized carbons (Fsp3) is 0.778. The smallest absolute Gasteiger partial charge is 0.130 e. The van der Waals surface area contributed by atoms with Crippen molar-refractivity contribution in [3.8, 4) is 0 Å². The van der Waals surface area contributed by atoms with Crippen LogP contribution in [-0.4, -0.2) is 44.4 Å². The minimum Gasteiger partial charge on any atom is -0.550 e. The number of hydrogen-bond acceptors (Lipinski definition) is 3. The Bertz CT molecular complexity index is 150. The third-order valence-electron chi connectivity index (χ3n) is 0.681. The Morgan fingerprint density at radius 1 is 1.08 bits per heavy atom. The number of carboxylic acids is 1. The average Bonchev–Trinajstić information content (AvgIpc) is 1.79.